The molecule has 1 aliphatic heterocycles. The number of aliphatic imine (C=N–C) groups is 1. The SMILES string of the molecule is CCNC(=NCC1(O)CCC1)N1CCSC2(CCCCC2)C1.I. The van der Waals surface area contributed by atoms with Gasteiger partial charge in [-0.3, -0.25) is 4.99 Å². The molecule has 2 saturated carbocycles. The lowest BCUT2D eigenvalue weighted by Crippen LogP contribution is -2.54. The molecular formula is C17H32IN3OS. The van der Waals surface area contributed by atoms with Crippen molar-refractivity contribution in [2.45, 2.75) is 68.6 Å². The van der Waals surface area contributed by atoms with E-state index in [1.165, 1.54) is 37.9 Å². The quantitative estimate of drug-likeness (QED) is 0.392. The number of aliphatic hydroxyl groups is 1. The van der Waals surface area contributed by atoms with Gasteiger partial charge in [0.25, 0.3) is 0 Å². The van der Waals surface area contributed by atoms with E-state index in [1.54, 1.807) is 0 Å². The van der Waals surface area contributed by atoms with Crippen LogP contribution in [0.2, 0.25) is 0 Å². The van der Waals surface area contributed by atoms with Crippen molar-refractivity contribution < 1.29 is 5.11 Å². The fourth-order valence-corrected chi connectivity index (χ4v) is 5.48. The Hall–Kier alpha value is 0.310. The van der Waals surface area contributed by atoms with Gasteiger partial charge >= 0.3 is 0 Å². The summed E-state index contributed by atoms with van der Waals surface area (Å²) in [6.45, 7) is 5.79. The van der Waals surface area contributed by atoms with Crippen LogP contribution in [0.5, 0.6) is 0 Å². The largest absolute Gasteiger partial charge is 0.388 e. The van der Waals surface area contributed by atoms with Crippen LogP contribution in [-0.2, 0) is 0 Å². The first-order valence-electron chi connectivity index (χ1n) is 9.04. The second kappa shape index (κ2) is 8.61. The van der Waals surface area contributed by atoms with E-state index < -0.39 is 5.60 Å². The molecule has 3 aliphatic rings. The maximum atomic E-state index is 10.3. The lowest BCUT2D eigenvalue weighted by Gasteiger charge is -2.45. The van der Waals surface area contributed by atoms with E-state index in [-0.39, 0.29) is 24.0 Å². The predicted octanol–water partition coefficient (Wildman–Crippen LogP) is 3.24. The van der Waals surface area contributed by atoms with Crippen molar-refractivity contribution in [3.63, 3.8) is 0 Å². The zero-order valence-corrected chi connectivity index (χ0v) is 17.5. The second-order valence-corrected chi connectivity index (χ2v) is 8.82. The molecule has 0 aromatic heterocycles. The lowest BCUT2D eigenvalue weighted by atomic mass is 9.80. The number of thioether (sulfide) groups is 1. The zero-order chi connectivity index (χ0) is 15.5. The molecule has 0 bridgehead atoms. The number of nitrogens with one attached hydrogen (secondary N) is 1. The molecule has 2 aliphatic carbocycles. The first-order chi connectivity index (χ1) is 10.6. The van der Waals surface area contributed by atoms with Gasteiger partial charge in [-0.05, 0) is 39.0 Å². The molecule has 1 saturated heterocycles. The minimum absolute atomic E-state index is 0. The van der Waals surface area contributed by atoms with Gasteiger partial charge in [-0.15, -0.1) is 24.0 Å². The summed E-state index contributed by atoms with van der Waals surface area (Å²) in [5.74, 6) is 2.22. The van der Waals surface area contributed by atoms with Crippen LogP contribution in [0.4, 0.5) is 0 Å². The van der Waals surface area contributed by atoms with Crippen molar-refractivity contribution in [1.29, 1.82) is 0 Å². The van der Waals surface area contributed by atoms with Gasteiger partial charge in [-0.25, -0.2) is 0 Å². The molecule has 3 rings (SSSR count). The van der Waals surface area contributed by atoms with Crippen molar-refractivity contribution in [3.8, 4) is 0 Å². The molecular weight excluding hydrogens is 421 g/mol. The third-order valence-corrected chi connectivity index (χ3v) is 6.99. The first kappa shape index (κ1) is 19.6. The molecule has 0 unspecified atom stereocenters. The maximum absolute atomic E-state index is 10.3. The van der Waals surface area contributed by atoms with Crippen LogP contribution in [-0.4, -0.2) is 58.2 Å². The number of hydrogen-bond donors (Lipinski definition) is 2. The Bertz CT molecular complexity index is 403. The molecule has 0 aromatic rings. The highest BCUT2D eigenvalue weighted by Crippen LogP contribution is 2.42. The highest BCUT2D eigenvalue weighted by molar-refractivity contribution is 14.0. The molecule has 134 valence electrons. The van der Waals surface area contributed by atoms with Crippen molar-refractivity contribution >= 4 is 41.7 Å². The number of rotatable bonds is 3. The average Bonchev–Trinajstić information content (AvgIpc) is 2.50. The molecule has 0 amide bonds. The van der Waals surface area contributed by atoms with Crippen molar-refractivity contribution in [2.75, 3.05) is 31.9 Å². The molecule has 3 fully saturated rings. The summed E-state index contributed by atoms with van der Waals surface area (Å²) < 4.78 is 0.458. The summed E-state index contributed by atoms with van der Waals surface area (Å²) in [7, 11) is 0. The molecule has 0 radical (unpaired) electrons. The molecule has 0 atom stereocenters. The van der Waals surface area contributed by atoms with Gasteiger partial charge in [-0.1, -0.05) is 19.3 Å². The maximum Gasteiger partial charge on any atom is 0.194 e. The summed E-state index contributed by atoms with van der Waals surface area (Å²) in [4.78, 5) is 7.23. The van der Waals surface area contributed by atoms with Crippen LogP contribution in [0.25, 0.3) is 0 Å². The van der Waals surface area contributed by atoms with Crippen LogP contribution in [0.1, 0.15) is 58.3 Å². The normalized spacial score (nSPS) is 26.3. The second-order valence-electron chi connectivity index (χ2n) is 7.26. The Kier molecular flexibility index (Phi) is 7.35. The fourth-order valence-electron chi connectivity index (χ4n) is 3.92. The van der Waals surface area contributed by atoms with E-state index in [2.05, 4.69) is 28.9 Å². The minimum atomic E-state index is -0.520. The van der Waals surface area contributed by atoms with Crippen molar-refractivity contribution in [1.82, 2.24) is 10.2 Å². The highest BCUT2D eigenvalue weighted by atomic mass is 127. The Labute approximate surface area is 162 Å². The van der Waals surface area contributed by atoms with E-state index in [0.29, 0.717) is 11.3 Å². The average molecular weight is 453 g/mol. The van der Waals surface area contributed by atoms with Gasteiger partial charge in [0.05, 0.1) is 12.1 Å². The summed E-state index contributed by atoms with van der Waals surface area (Å²) in [6, 6.07) is 0. The van der Waals surface area contributed by atoms with E-state index in [0.717, 1.165) is 44.9 Å². The number of halogens is 1. The van der Waals surface area contributed by atoms with Crippen LogP contribution in [0.3, 0.4) is 0 Å². The smallest absolute Gasteiger partial charge is 0.194 e. The third kappa shape index (κ3) is 4.91. The van der Waals surface area contributed by atoms with Gasteiger partial charge in [0.1, 0.15) is 0 Å². The van der Waals surface area contributed by atoms with Crippen LogP contribution >= 0.6 is 35.7 Å². The van der Waals surface area contributed by atoms with Gasteiger partial charge in [-0.2, -0.15) is 11.8 Å². The summed E-state index contributed by atoms with van der Waals surface area (Å²) >= 11 is 2.19. The Morgan fingerprint density at radius 3 is 2.52 bits per heavy atom. The molecule has 6 heteroatoms. The third-order valence-electron chi connectivity index (χ3n) is 5.46. The lowest BCUT2D eigenvalue weighted by molar-refractivity contribution is -0.0237. The minimum Gasteiger partial charge on any atom is -0.388 e. The summed E-state index contributed by atoms with van der Waals surface area (Å²) in [5.41, 5.74) is -0.520. The Balaban J connectivity index is 0.00000192. The molecule has 2 N–H and O–H groups in total. The number of nitrogens with zero attached hydrogens (tertiary/aromatic N) is 2. The predicted molar refractivity (Wildman–Crippen MR) is 110 cm³/mol. The number of hydrogen-bond acceptors (Lipinski definition) is 3. The first-order valence-corrected chi connectivity index (χ1v) is 10.0. The standard InChI is InChI=1S/C17H31N3OS.HI/c1-2-18-15(19-13-16(21)7-6-8-16)20-11-12-22-17(14-20)9-4-3-5-10-17;/h21H,2-14H2,1H3,(H,18,19);1H. The van der Waals surface area contributed by atoms with Crippen LogP contribution in [0.15, 0.2) is 4.99 Å². The topological polar surface area (TPSA) is 47.9 Å². The van der Waals surface area contributed by atoms with Crippen LogP contribution < -0.4 is 5.32 Å². The molecule has 0 aromatic carbocycles. The van der Waals surface area contributed by atoms with Crippen molar-refractivity contribution in [3.05, 3.63) is 0 Å². The van der Waals surface area contributed by atoms with Gasteiger partial charge in [0, 0.05) is 30.1 Å². The Morgan fingerprint density at radius 1 is 1.17 bits per heavy atom. The molecule has 23 heavy (non-hydrogen) atoms. The van der Waals surface area contributed by atoms with E-state index in [4.69, 9.17) is 4.99 Å². The summed E-state index contributed by atoms with van der Waals surface area (Å²) in [6.07, 6.45) is 9.86. The van der Waals surface area contributed by atoms with Gasteiger partial charge < -0.3 is 15.3 Å². The summed E-state index contributed by atoms with van der Waals surface area (Å²) in [5, 5.41) is 13.8. The monoisotopic (exact) mass is 453 g/mol. The van der Waals surface area contributed by atoms with Gasteiger partial charge in [0.15, 0.2) is 5.96 Å². The van der Waals surface area contributed by atoms with E-state index in [9.17, 15) is 5.11 Å². The number of guanidine groups is 1. The molecule has 1 heterocycles. The fraction of sp³-hybridized carbons (Fsp3) is 0.941. The highest BCUT2D eigenvalue weighted by Gasteiger charge is 2.39. The molecule has 1 spiro atoms. The van der Waals surface area contributed by atoms with E-state index >= 15 is 0 Å². The van der Waals surface area contributed by atoms with Crippen LogP contribution in [0, 0.1) is 0 Å². The van der Waals surface area contributed by atoms with Gasteiger partial charge in [0.2, 0.25) is 0 Å². The Morgan fingerprint density at radius 2 is 1.91 bits per heavy atom. The van der Waals surface area contributed by atoms with Crippen molar-refractivity contribution in [2.24, 2.45) is 4.99 Å². The zero-order valence-electron chi connectivity index (χ0n) is 14.4. The molecule has 4 nitrogen and oxygen atoms in total. The van der Waals surface area contributed by atoms with E-state index in [1.807, 2.05) is 0 Å².